The van der Waals surface area contributed by atoms with Crippen molar-refractivity contribution in [1.29, 1.82) is 0 Å². The van der Waals surface area contributed by atoms with Gasteiger partial charge in [0.2, 0.25) is 0 Å². The minimum absolute atomic E-state index is 1.07. The molecule has 0 nitrogen and oxygen atoms in total. The lowest BCUT2D eigenvalue weighted by molar-refractivity contribution is 0.0622. The molecule has 0 amide bonds. The maximum absolute atomic E-state index is 2.44. The quantitative estimate of drug-likeness (QED) is 0.466. The second kappa shape index (κ2) is 2.00. The standard InChI is InChI=1S/C9H16/c1-7-3-2-4-8-5-6-9(7)8/h7-9H,2-6H2,1H3/t7?,8-,9?/m1/s1. The van der Waals surface area contributed by atoms with Gasteiger partial charge < -0.3 is 0 Å². The number of hydrogen-bond donors (Lipinski definition) is 0. The molecule has 0 heteroatoms. The average molecular weight is 124 g/mol. The Labute approximate surface area is 57.6 Å². The van der Waals surface area contributed by atoms with Gasteiger partial charge in [0.1, 0.15) is 0 Å². The van der Waals surface area contributed by atoms with Crippen molar-refractivity contribution in [2.45, 2.75) is 39.0 Å². The minimum atomic E-state index is 1.07. The number of rotatable bonds is 0. The van der Waals surface area contributed by atoms with E-state index in [4.69, 9.17) is 0 Å². The van der Waals surface area contributed by atoms with E-state index in [1.807, 2.05) is 0 Å². The largest absolute Gasteiger partial charge is 0.0622 e. The molecule has 52 valence electrons. The molecule has 0 saturated heterocycles. The van der Waals surface area contributed by atoms with Gasteiger partial charge in [0.05, 0.1) is 0 Å². The summed E-state index contributed by atoms with van der Waals surface area (Å²) in [5.41, 5.74) is 0. The van der Waals surface area contributed by atoms with Crippen LogP contribution in [0.2, 0.25) is 0 Å². The second-order valence-electron chi connectivity index (χ2n) is 3.91. The van der Waals surface area contributed by atoms with Gasteiger partial charge in [0.15, 0.2) is 0 Å². The van der Waals surface area contributed by atoms with Gasteiger partial charge in [-0.15, -0.1) is 0 Å². The van der Waals surface area contributed by atoms with Gasteiger partial charge >= 0.3 is 0 Å². The highest BCUT2D eigenvalue weighted by molar-refractivity contribution is 4.87. The van der Waals surface area contributed by atoms with Crippen molar-refractivity contribution in [3.8, 4) is 0 Å². The van der Waals surface area contributed by atoms with Crippen LogP contribution in [-0.2, 0) is 0 Å². The SMILES string of the molecule is CC1CCC[C@@H]2CCC12. The van der Waals surface area contributed by atoms with Crippen LogP contribution in [0.15, 0.2) is 0 Å². The van der Waals surface area contributed by atoms with Crippen LogP contribution >= 0.6 is 0 Å². The summed E-state index contributed by atoms with van der Waals surface area (Å²) in [5.74, 6) is 3.38. The molecule has 2 aliphatic carbocycles. The third-order valence-corrected chi connectivity index (χ3v) is 3.44. The molecule has 0 aromatic carbocycles. The van der Waals surface area contributed by atoms with E-state index >= 15 is 0 Å². The summed E-state index contributed by atoms with van der Waals surface area (Å²) in [4.78, 5) is 0. The first-order valence-electron chi connectivity index (χ1n) is 4.38. The lowest BCUT2D eigenvalue weighted by Gasteiger charge is -2.44. The summed E-state index contributed by atoms with van der Waals surface area (Å²) in [5, 5.41) is 0. The molecule has 3 atom stereocenters. The summed E-state index contributed by atoms with van der Waals surface area (Å²) < 4.78 is 0. The lowest BCUT2D eigenvalue weighted by Crippen LogP contribution is -2.34. The van der Waals surface area contributed by atoms with Gasteiger partial charge in [-0.05, 0) is 30.6 Å². The van der Waals surface area contributed by atoms with E-state index in [0.29, 0.717) is 0 Å². The Morgan fingerprint density at radius 1 is 1.00 bits per heavy atom. The van der Waals surface area contributed by atoms with Crippen LogP contribution in [0.3, 0.4) is 0 Å². The fourth-order valence-electron chi connectivity index (χ4n) is 2.62. The number of fused-ring (bicyclic) bond motifs is 1. The molecule has 9 heavy (non-hydrogen) atoms. The Morgan fingerprint density at radius 2 is 1.89 bits per heavy atom. The smallest absolute Gasteiger partial charge is 0.0360 e. The molecule has 0 heterocycles. The Kier molecular flexibility index (Phi) is 1.28. The van der Waals surface area contributed by atoms with Crippen LogP contribution in [0, 0.1) is 17.8 Å². The highest BCUT2D eigenvalue weighted by Crippen LogP contribution is 2.47. The first-order valence-corrected chi connectivity index (χ1v) is 4.38. The van der Waals surface area contributed by atoms with Crippen molar-refractivity contribution < 1.29 is 0 Å². The third kappa shape index (κ3) is 0.798. The predicted molar refractivity (Wildman–Crippen MR) is 39.2 cm³/mol. The minimum Gasteiger partial charge on any atom is -0.0622 e. The van der Waals surface area contributed by atoms with Crippen LogP contribution in [0.4, 0.5) is 0 Å². The first kappa shape index (κ1) is 5.76. The molecule has 2 fully saturated rings. The molecule has 2 unspecified atom stereocenters. The van der Waals surface area contributed by atoms with Crippen molar-refractivity contribution in [2.24, 2.45) is 17.8 Å². The molecule has 0 aromatic rings. The zero-order valence-corrected chi connectivity index (χ0v) is 6.27. The Bertz CT molecular complexity index is 101. The zero-order chi connectivity index (χ0) is 6.27. The molecule has 0 bridgehead atoms. The molecule has 0 aromatic heterocycles. The predicted octanol–water partition coefficient (Wildman–Crippen LogP) is 2.83. The molecule has 2 aliphatic rings. The second-order valence-corrected chi connectivity index (χ2v) is 3.91. The van der Waals surface area contributed by atoms with Gasteiger partial charge in [-0.25, -0.2) is 0 Å². The Balaban J connectivity index is 1.98. The van der Waals surface area contributed by atoms with Gasteiger partial charge in [0, 0.05) is 0 Å². The first-order chi connectivity index (χ1) is 4.38. The molecule has 0 radical (unpaired) electrons. The topological polar surface area (TPSA) is 0 Å². The van der Waals surface area contributed by atoms with Crippen LogP contribution in [0.1, 0.15) is 39.0 Å². The monoisotopic (exact) mass is 124 g/mol. The fourth-order valence-corrected chi connectivity index (χ4v) is 2.62. The highest BCUT2D eigenvalue weighted by atomic mass is 14.4. The summed E-state index contributed by atoms with van der Waals surface area (Å²) >= 11 is 0. The van der Waals surface area contributed by atoms with E-state index in [1.54, 1.807) is 19.3 Å². The van der Waals surface area contributed by atoms with Crippen LogP contribution in [0.5, 0.6) is 0 Å². The molecule has 0 N–H and O–H groups in total. The zero-order valence-electron chi connectivity index (χ0n) is 6.27. The van der Waals surface area contributed by atoms with E-state index in [1.165, 1.54) is 12.8 Å². The summed E-state index contributed by atoms with van der Waals surface area (Å²) in [6.07, 6.45) is 7.68. The van der Waals surface area contributed by atoms with Crippen molar-refractivity contribution in [3.63, 3.8) is 0 Å². The van der Waals surface area contributed by atoms with Gasteiger partial charge in [-0.2, -0.15) is 0 Å². The van der Waals surface area contributed by atoms with Crippen molar-refractivity contribution in [1.82, 2.24) is 0 Å². The Hall–Kier alpha value is 0. The van der Waals surface area contributed by atoms with Crippen molar-refractivity contribution in [2.75, 3.05) is 0 Å². The number of hydrogen-bond acceptors (Lipinski definition) is 0. The molecule has 2 rings (SSSR count). The summed E-state index contributed by atoms with van der Waals surface area (Å²) in [6.45, 7) is 2.44. The van der Waals surface area contributed by atoms with E-state index in [9.17, 15) is 0 Å². The summed E-state index contributed by atoms with van der Waals surface area (Å²) in [6, 6.07) is 0. The van der Waals surface area contributed by atoms with Crippen molar-refractivity contribution >= 4 is 0 Å². The van der Waals surface area contributed by atoms with E-state index < -0.39 is 0 Å². The van der Waals surface area contributed by atoms with E-state index in [-0.39, 0.29) is 0 Å². The molecule has 0 spiro atoms. The molecular weight excluding hydrogens is 108 g/mol. The highest BCUT2D eigenvalue weighted by Gasteiger charge is 2.36. The molecule has 2 saturated carbocycles. The van der Waals surface area contributed by atoms with Gasteiger partial charge in [-0.3, -0.25) is 0 Å². The van der Waals surface area contributed by atoms with Crippen molar-refractivity contribution in [3.05, 3.63) is 0 Å². The van der Waals surface area contributed by atoms with Crippen LogP contribution < -0.4 is 0 Å². The van der Waals surface area contributed by atoms with Gasteiger partial charge in [-0.1, -0.05) is 26.2 Å². The molecular formula is C9H16. The maximum atomic E-state index is 2.44. The van der Waals surface area contributed by atoms with E-state index in [2.05, 4.69) is 6.92 Å². The average Bonchev–Trinajstić information content (AvgIpc) is 1.74. The normalized spacial score (nSPS) is 49.7. The third-order valence-electron chi connectivity index (χ3n) is 3.44. The summed E-state index contributed by atoms with van der Waals surface area (Å²) in [7, 11) is 0. The van der Waals surface area contributed by atoms with Gasteiger partial charge in [0.25, 0.3) is 0 Å². The molecule has 0 aliphatic heterocycles. The van der Waals surface area contributed by atoms with Crippen LogP contribution in [-0.4, -0.2) is 0 Å². The maximum Gasteiger partial charge on any atom is -0.0360 e. The lowest BCUT2D eigenvalue weighted by atomic mass is 9.61. The fraction of sp³-hybridized carbons (Fsp3) is 1.00. The van der Waals surface area contributed by atoms with E-state index in [0.717, 1.165) is 17.8 Å². The Morgan fingerprint density at radius 3 is 2.33 bits per heavy atom. The van der Waals surface area contributed by atoms with Crippen LogP contribution in [0.25, 0.3) is 0 Å².